The number of aliphatic hydroxyl groups is 2. The number of aliphatic hydroxyl groups excluding tert-OH is 2. The summed E-state index contributed by atoms with van der Waals surface area (Å²) in [6.07, 6.45) is 6.46. The van der Waals surface area contributed by atoms with Crippen LogP contribution in [0.15, 0.2) is 36.4 Å². The summed E-state index contributed by atoms with van der Waals surface area (Å²) in [5.74, 6) is 0.225. The lowest BCUT2D eigenvalue weighted by molar-refractivity contribution is -0.117. The van der Waals surface area contributed by atoms with E-state index in [9.17, 15) is 19.2 Å². The molecule has 1 aliphatic carbocycles. The largest absolute Gasteiger partial charge is 0.396 e. The summed E-state index contributed by atoms with van der Waals surface area (Å²) in [6.45, 7) is 5.43. The Hall–Kier alpha value is -3.44. The summed E-state index contributed by atoms with van der Waals surface area (Å²) in [7, 11) is 0. The zero-order valence-electron chi connectivity index (χ0n) is 25.4. The lowest BCUT2D eigenvalue weighted by Crippen LogP contribution is -2.36. The van der Waals surface area contributed by atoms with Gasteiger partial charge in [0.05, 0.1) is 0 Å². The summed E-state index contributed by atoms with van der Waals surface area (Å²) in [4.78, 5) is 56.6. The fraction of sp³-hybridized carbons (Fsp3) is 0.529. The zero-order valence-corrected chi connectivity index (χ0v) is 25.4. The Balaban J connectivity index is 1.13. The number of carbonyl (C=O) groups excluding carboxylic acids is 4. The smallest absolute Gasteiger partial charge is 0.225 e. The summed E-state index contributed by atoms with van der Waals surface area (Å²) < 4.78 is 0. The molecule has 0 spiro atoms. The molecule has 4 N–H and O–H groups in total. The number of rotatable bonds is 12. The van der Waals surface area contributed by atoms with Crippen molar-refractivity contribution < 1.29 is 29.4 Å². The molecular formula is C34H44N4O6. The van der Waals surface area contributed by atoms with Crippen molar-refractivity contribution in [3.05, 3.63) is 58.7 Å². The Bertz CT molecular complexity index is 1260. The second kappa shape index (κ2) is 15.0. The number of likely N-dealkylation sites (tertiary alicyclic amines) is 2. The van der Waals surface area contributed by atoms with Gasteiger partial charge >= 0.3 is 0 Å². The van der Waals surface area contributed by atoms with Crippen LogP contribution in [0.4, 0.5) is 11.4 Å². The first-order chi connectivity index (χ1) is 21.3. The summed E-state index contributed by atoms with van der Waals surface area (Å²) >= 11 is 0. The highest BCUT2D eigenvalue weighted by Crippen LogP contribution is 2.31. The molecule has 0 unspecified atom stereocenters. The van der Waals surface area contributed by atoms with E-state index in [0.29, 0.717) is 49.1 Å². The number of fused-ring (bicyclic) bond motifs is 2. The molecule has 2 fully saturated rings. The van der Waals surface area contributed by atoms with Crippen molar-refractivity contribution in [2.45, 2.75) is 51.4 Å². The molecule has 2 amide bonds. The van der Waals surface area contributed by atoms with E-state index in [0.717, 1.165) is 64.7 Å². The Labute approximate surface area is 258 Å². The van der Waals surface area contributed by atoms with Crippen molar-refractivity contribution in [2.75, 3.05) is 63.1 Å². The van der Waals surface area contributed by atoms with Crippen LogP contribution in [0, 0.1) is 11.8 Å². The molecule has 10 nitrogen and oxygen atoms in total. The van der Waals surface area contributed by atoms with Gasteiger partial charge in [-0.05, 0) is 113 Å². The molecule has 44 heavy (non-hydrogen) atoms. The van der Waals surface area contributed by atoms with E-state index in [2.05, 4.69) is 20.4 Å². The van der Waals surface area contributed by atoms with E-state index < -0.39 is 0 Å². The van der Waals surface area contributed by atoms with Crippen LogP contribution in [0.25, 0.3) is 0 Å². The first-order valence-corrected chi connectivity index (χ1v) is 16.0. The second-order valence-corrected chi connectivity index (χ2v) is 12.4. The maximum Gasteiger partial charge on any atom is 0.225 e. The van der Waals surface area contributed by atoms with E-state index in [4.69, 9.17) is 10.2 Å². The number of carbonyl (C=O) groups is 4. The minimum absolute atomic E-state index is 0.149. The molecule has 2 heterocycles. The Morgan fingerprint density at radius 3 is 1.39 bits per heavy atom. The van der Waals surface area contributed by atoms with Crippen LogP contribution in [0.5, 0.6) is 0 Å². The van der Waals surface area contributed by atoms with E-state index in [-0.39, 0.29) is 58.8 Å². The summed E-state index contributed by atoms with van der Waals surface area (Å²) in [5.41, 5.74) is 2.01. The highest BCUT2D eigenvalue weighted by molar-refractivity contribution is 6.29. The summed E-state index contributed by atoms with van der Waals surface area (Å²) in [6, 6.07) is 9.58. The molecule has 2 aliphatic heterocycles. The molecule has 3 aliphatic rings. The van der Waals surface area contributed by atoms with Crippen molar-refractivity contribution >= 4 is 34.8 Å². The average molecular weight is 605 g/mol. The van der Waals surface area contributed by atoms with Gasteiger partial charge in [0.25, 0.3) is 0 Å². The third kappa shape index (κ3) is 7.98. The van der Waals surface area contributed by atoms with Gasteiger partial charge in [-0.2, -0.15) is 0 Å². The molecule has 0 saturated carbocycles. The molecule has 0 atom stereocenters. The quantitative estimate of drug-likeness (QED) is 0.247. The van der Waals surface area contributed by atoms with Crippen LogP contribution in [0.1, 0.15) is 83.2 Å². The van der Waals surface area contributed by atoms with Gasteiger partial charge in [-0.15, -0.1) is 0 Å². The lowest BCUT2D eigenvalue weighted by atomic mass is 9.83. The van der Waals surface area contributed by atoms with Crippen molar-refractivity contribution in [3.63, 3.8) is 0 Å². The lowest BCUT2D eigenvalue weighted by Gasteiger charge is -2.31. The molecule has 0 radical (unpaired) electrons. The molecule has 0 aromatic heterocycles. The van der Waals surface area contributed by atoms with Crippen LogP contribution in [-0.2, 0) is 9.59 Å². The molecule has 0 bridgehead atoms. The normalized spacial score (nSPS) is 18.1. The van der Waals surface area contributed by atoms with Gasteiger partial charge in [0, 0.05) is 72.8 Å². The van der Waals surface area contributed by atoms with Gasteiger partial charge < -0.3 is 30.6 Å². The van der Waals surface area contributed by atoms with Crippen LogP contribution < -0.4 is 10.6 Å². The SMILES string of the molecule is O=C(CCN1CCC(CCO)CC1)Nc1ccc2c(c1)C(=O)c1ccc(NC(=O)CCN3CCC(CCO)CC3)cc1C2=O. The molecular weight excluding hydrogens is 560 g/mol. The third-order valence-electron chi connectivity index (χ3n) is 9.38. The van der Waals surface area contributed by atoms with Gasteiger partial charge in [0.2, 0.25) is 11.8 Å². The zero-order chi connectivity index (χ0) is 31.1. The standard InChI is InChI=1S/C34H44N4O6/c39-19-11-23-5-13-37(14-6-23)17-9-31(41)35-25-1-3-27-29(21-25)34(44)28-4-2-26(22-30(28)33(27)43)36-32(42)10-18-38-15-7-24(8-16-38)12-20-40/h1-4,21-24,39-40H,5-20H2,(H,35,41)(H,36,42). The average Bonchev–Trinajstić information content (AvgIpc) is 3.03. The third-order valence-corrected chi connectivity index (χ3v) is 9.38. The number of amides is 2. The molecule has 236 valence electrons. The number of hydrogen-bond donors (Lipinski definition) is 4. The Kier molecular flexibility index (Phi) is 10.9. The Morgan fingerprint density at radius 1 is 0.636 bits per heavy atom. The van der Waals surface area contributed by atoms with Crippen LogP contribution in [-0.4, -0.2) is 95.9 Å². The van der Waals surface area contributed by atoms with E-state index in [1.807, 2.05) is 0 Å². The van der Waals surface area contributed by atoms with Crippen LogP contribution in [0.3, 0.4) is 0 Å². The number of anilines is 2. The topological polar surface area (TPSA) is 139 Å². The van der Waals surface area contributed by atoms with Crippen molar-refractivity contribution in [1.29, 1.82) is 0 Å². The van der Waals surface area contributed by atoms with Crippen molar-refractivity contribution in [1.82, 2.24) is 9.80 Å². The van der Waals surface area contributed by atoms with E-state index in [1.165, 1.54) is 0 Å². The number of nitrogens with zero attached hydrogens (tertiary/aromatic N) is 2. The van der Waals surface area contributed by atoms with Crippen LogP contribution in [0.2, 0.25) is 0 Å². The van der Waals surface area contributed by atoms with Crippen molar-refractivity contribution in [3.8, 4) is 0 Å². The maximum absolute atomic E-state index is 13.4. The molecule has 2 saturated heterocycles. The minimum Gasteiger partial charge on any atom is -0.396 e. The van der Waals surface area contributed by atoms with E-state index >= 15 is 0 Å². The van der Waals surface area contributed by atoms with Gasteiger partial charge in [0.1, 0.15) is 0 Å². The van der Waals surface area contributed by atoms with Gasteiger partial charge in [-0.25, -0.2) is 0 Å². The predicted octanol–water partition coefficient (Wildman–Crippen LogP) is 3.31. The summed E-state index contributed by atoms with van der Waals surface area (Å²) in [5, 5.41) is 24.0. The first-order valence-electron chi connectivity index (χ1n) is 16.0. The fourth-order valence-corrected chi connectivity index (χ4v) is 6.63. The number of nitrogens with one attached hydrogen (secondary N) is 2. The minimum atomic E-state index is -0.293. The number of piperidine rings is 2. The molecule has 5 rings (SSSR count). The molecule has 2 aromatic rings. The number of benzene rings is 2. The van der Waals surface area contributed by atoms with Crippen LogP contribution >= 0.6 is 0 Å². The van der Waals surface area contributed by atoms with Gasteiger partial charge in [-0.3, -0.25) is 19.2 Å². The number of hydrogen-bond acceptors (Lipinski definition) is 8. The monoisotopic (exact) mass is 604 g/mol. The van der Waals surface area contributed by atoms with Gasteiger partial charge in [0.15, 0.2) is 11.6 Å². The molecule has 10 heteroatoms. The second-order valence-electron chi connectivity index (χ2n) is 12.4. The van der Waals surface area contributed by atoms with Gasteiger partial charge in [-0.1, -0.05) is 0 Å². The Morgan fingerprint density at radius 2 is 1.02 bits per heavy atom. The number of ketones is 2. The first kappa shape index (κ1) is 32.0. The molecule has 2 aromatic carbocycles. The highest BCUT2D eigenvalue weighted by atomic mass is 16.3. The highest BCUT2D eigenvalue weighted by Gasteiger charge is 2.30. The van der Waals surface area contributed by atoms with Crippen molar-refractivity contribution in [2.24, 2.45) is 11.8 Å². The van der Waals surface area contributed by atoms with E-state index in [1.54, 1.807) is 36.4 Å². The maximum atomic E-state index is 13.4. The predicted molar refractivity (Wildman–Crippen MR) is 168 cm³/mol. The fourth-order valence-electron chi connectivity index (χ4n) is 6.63.